The van der Waals surface area contributed by atoms with Crippen molar-refractivity contribution in [2.75, 3.05) is 13.7 Å². The van der Waals surface area contributed by atoms with Gasteiger partial charge in [-0.2, -0.15) is 9.78 Å². The number of phenols is 1. The first-order valence-corrected chi connectivity index (χ1v) is 11.2. The van der Waals surface area contributed by atoms with Crippen LogP contribution >= 0.6 is 11.6 Å². The van der Waals surface area contributed by atoms with Crippen LogP contribution in [0.2, 0.25) is 5.02 Å². The van der Waals surface area contributed by atoms with Crippen LogP contribution in [-0.4, -0.2) is 34.7 Å². The summed E-state index contributed by atoms with van der Waals surface area (Å²) >= 11 is 6.15. The maximum absolute atomic E-state index is 13.4. The molecule has 2 heterocycles. The van der Waals surface area contributed by atoms with E-state index in [0.29, 0.717) is 40.2 Å². The van der Waals surface area contributed by atoms with E-state index in [1.807, 2.05) is 24.3 Å². The Morgan fingerprint density at radius 1 is 1.11 bits per heavy atom. The number of nitrogens with zero attached hydrogens (tertiary/aromatic N) is 3. The molecule has 0 saturated carbocycles. The maximum atomic E-state index is 13.4. The van der Waals surface area contributed by atoms with Crippen molar-refractivity contribution in [3.8, 4) is 28.8 Å². The Morgan fingerprint density at radius 3 is 2.74 bits per heavy atom. The van der Waals surface area contributed by atoms with Crippen LogP contribution in [0.4, 0.5) is 0 Å². The minimum Gasteiger partial charge on any atom is -0.503 e. The zero-order valence-corrected chi connectivity index (χ0v) is 19.6. The van der Waals surface area contributed by atoms with Crippen molar-refractivity contribution >= 4 is 39.7 Å². The molecule has 2 aromatic heterocycles. The predicted octanol–water partition coefficient (Wildman–Crippen LogP) is 5.46. The van der Waals surface area contributed by atoms with Gasteiger partial charge in [0.05, 0.1) is 41.2 Å². The average Bonchev–Trinajstić information content (AvgIpc) is 3.31. The normalized spacial score (nSPS) is 11.5. The summed E-state index contributed by atoms with van der Waals surface area (Å²) in [5.74, 6) is 1.27. The van der Waals surface area contributed by atoms with E-state index < -0.39 is 0 Å². The van der Waals surface area contributed by atoms with Crippen LogP contribution in [0.3, 0.4) is 0 Å². The van der Waals surface area contributed by atoms with E-state index in [2.05, 4.69) is 10.1 Å². The lowest BCUT2D eigenvalue weighted by Crippen LogP contribution is -2.20. The fourth-order valence-electron chi connectivity index (χ4n) is 3.77. The highest BCUT2D eigenvalue weighted by Gasteiger charge is 2.18. The fourth-order valence-corrected chi connectivity index (χ4v) is 3.99. The SMILES string of the molecule is CCOc1cc(C=Nn2c(-c3cc4c(OC)cccc4o3)nc3ccccc3c2=O)cc(Cl)c1O. The van der Waals surface area contributed by atoms with E-state index in [0.717, 1.165) is 5.39 Å². The minimum absolute atomic E-state index is 0.103. The molecule has 5 aromatic rings. The number of halogens is 1. The molecule has 1 N–H and O–H groups in total. The number of rotatable bonds is 6. The Balaban J connectivity index is 1.71. The van der Waals surface area contributed by atoms with Crippen molar-refractivity contribution in [1.82, 2.24) is 9.66 Å². The molecular weight excluding hydrogens is 470 g/mol. The first-order chi connectivity index (χ1) is 17.0. The van der Waals surface area contributed by atoms with Gasteiger partial charge in [-0.15, -0.1) is 0 Å². The highest BCUT2D eigenvalue weighted by molar-refractivity contribution is 6.32. The van der Waals surface area contributed by atoms with Crippen LogP contribution in [0, 0.1) is 0 Å². The second-order valence-corrected chi connectivity index (χ2v) is 7.99. The number of ether oxygens (including phenoxy) is 2. The van der Waals surface area contributed by atoms with Crippen molar-refractivity contribution in [2.24, 2.45) is 5.10 Å². The van der Waals surface area contributed by atoms with Gasteiger partial charge in [0.2, 0.25) is 5.82 Å². The van der Waals surface area contributed by atoms with E-state index in [1.165, 1.54) is 17.0 Å². The molecule has 8 nitrogen and oxygen atoms in total. The summed E-state index contributed by atoms with van der Waals surface area (Å²) in [5, 5.41) is 15.8. The summed E-state index contributed by atoms with van der Waals surface area (Å²) in [6.07, 6.45) is 1.44. The number of fused-ring (bicyclic) bond motifs is 2. The van der Waals surface area contributed by atoms with E-state index in [9.17, 15) is 9.90 Å². The van der Waals surface area contributed by atoms with E-state index in [4.69, 9.17) is 25.5 Å². The summed E-state index contributed by atoms with van der Waals surface area (Å²) in [6.45, 7) is 2.14. The Hall–Kier alpha value is -4.30. The lowest BCUT2D eigenvalue weighted by molar-refractivity contribution is 0.318. The molecule has 0 aliphatic carbocycles. The number of furan rings is 1. The van der Waals surface area contributed by atoms with E-state index in [1.54, 1.807) is 44.4 Å². The number of benzene rings is 3. The zero-order chi connectivity index (χ0) is 24.5. The highest BCUT2D eigenvalue weighted by atomic mass is 35.5. The number of hydrogen-bond acceptors (Lipinski definition) is 7. The summed E-state index contributed by atoms with van der Waals surface area (Å²) in [5.41, 5.74) is 1.25. The van der Waals surface area contributed by atoms with Crippen LogP contribution in [0.15, 0.2) is 75.0 Å². The fraction of sp³-hybridized carbons (Fsp3) is 0.115. The molecule has 0 fully saturated rings. The van der Waals surface area contributed by atoms with Crippen molar-refractivity contribution in [3.05, 3.63) is 81.6 Å². The molecule has 5 rings (SSSR count). The molecule has 0 saturated heterocycles. The molecule has 0 aliphatic rings. The van der Waals surface area contributed by atoms with Crippen molar-refractivity contribution in [2.45, 2.75) is 6.92 Å². The second kappa shape index (κ2) is 9.15. The van der Waals surface area contributed by atoms with Crippen molar-refractivity contribution in [3.63, 3.8) is 0 Å². The molecule has 0 amide bonds. The molecule has 9 heteroatoms. The van der Waals surface area contributed by atoms with Crippen LogP contribution < -0.4 is 15.0 Å². The van der Waals surface area contributed by atoms with Gasteiger partial charge in [0.15, 0.2) is 17.3 Å². The number of phenolic OH excluding ortho intramolecular Hbond substituents is 1. The smallest absolute Gasteiger partial charge is 0.282 e. The second-order valence-electron chi connectivity index (χ2n) is 7.58. The number of methoxy groups -OCH3 is 1. The molecule has 0 radical (unpaired) electrons. The van der Waals surface area contributed by atoms with Gasteiger partial charge in [-0.3, -0.25) is 4.79 Å². The first-order valence-electron chi connectivity index (χ1n) is 10.8. The Bertz CT molecular complexity index is 1660. The Morgan fingerprint density at radius 2 is 1.94 bits per heavy atom. The van der Waals surface area contributed by atoms with Gasteiger partial charge in [-0.05, 0) is 55.0 Å². The molecule has 3 aromatic carbocycles. The maximum Gasteiger partial charge on any atom is 0.282 e. The third-order valence-electron chi connectivity index (χ3n) is 5.39. The standard InChI is InChI=1S/C26H20ClN3O5/c1-3-34-22-12-15(11-18(27)24(22)31)14-28-30-25(29-19-8-5-4-7-16(19)26(30)32)23-13-17-20(33-2)9-6-10-21(17)35-23/h4-14,31H,3H2,1-2H3. The van der Waals surface area contributed by atoms with Crippen LogP contribution in [0.25, 0.3) is 33.5 Å². The third-order valence-corrected chi connectivity index (χ3v) is 5.68. The average molecular weight is 490 g/mol. The van der Waals surface area contributed by atoms with Crippen molar-refractivity contribution in [1.29, 1.82) is 0 Å². The molecule has 0 atom stereocenters. The Kier molecular flexibility index (Phi) is 5.88. The van der Waals surface area contributed by atoms with Gasteiger partial charge in [0.25, 0.3) is 5.56 Å². The first kappa shape index (κ1) is 22.5. The zero-order valence-electron chi connectivity index (χ0n) is 18.9. The highest BCUT2D eigenvalue weighted by Crippen LogP contribution is 2.35. The molecular formula is C26H20ClN3O5. The van der Waals surface area contributed by atoms with Crippen LogP contribution in [0.1, 0.15) is 12.5 Å². The third kappa shape index (κ3) is 4.08. The molecule has 35 heavy (non-hydrogen) atoms. The van der Waals surface area contributed by atoms with Gasteiger partial charge >= 0.3 is 0 Å². The number of aromatic nitrogens is 2. The number of hydrogen-bond donors (Lipinski definition) is 1. The summed E-state index contributed by atoms with van der Waals surface area (Å²) in [6, 6.07) is 17.3. The molecule has 0 aliphatic heterocycles. The Labute approximate surface area is 204 Å². The van der Waals surface area contributed by atoms with Gasteiger partial charge < -0.3 is 19.0 Å². The molecule has 0 unspecified atom stereocenters. The largest absolute Gasteiger partial charge is 0.503 e. The topological polar surface area (TPSA) is 99.1 Å². The predicted molar refractivity (Wildman–Crippen MR) is 135 cm³/mol. The minimum atomic E-state index is -0.371. The van der Waals surface area contributed by atoms with Gasteiger partial charge in [0, 0.05) is 0 Å². The lowest BCUT2D eigenvalue weighted by atomic mass is 10.2. The summed E-state index contributed by atoms with van der Waals surface area (Å²) < 4.78 is 18.1. The molecule has 0 bridgehead atoms. The molecule has 176 valence electrons. The number of para-hydroxylation sites is 1. The lowest BCUT2D eigenvalue weighted by Gasteiger charge is -2.09. The molecule has 0 spiro atoms. The summed E-state index contributed by atoms with van der Waals surface area (Å²) in [7, 11) is 1.58. The van der Waals surface area contributed by atoms with Gasteiger partial charge in [-0.25, -0.2) is 4.98 Å². The summed E-state index contributed by atoms with van der Waals surface area (Å²) in [4.78, 5) is 18.1. The van der Waals surface area contributed by atoms with Crippen molar-refractivity contribution < 1.29 is 19.0 Å². The van der Waals surface area contributed by atoms with Crippen LogP contribution in [0.5, 0.6) is 17.2 Å². The van der Waals surface area contributed by atoms with E-state index >= 15 is 0 Å². The monoisotopic (exact) mass is 489 g/mol. The van der Waals surface area contributed by atoms with E-state index in [-0.39, 0.29) is 27.9 Å². The van der Waals surface area contributed by atoms with Gasteiger partial charge in [-0.1, -0.05) is 29.8 Å². The quantitative estimate of drug-likeness (QED) is 0.318. The van der Waals surface area contributed by atoms with Gasteiger partial charge in [0.1, 0.15) is 11.3 Å². The van der Waals surface area contributed by atoms with Crippen LogP contribution in [-0.2, 0) is 0 Å². The number of aromatic hydroxyl groups is 1.